The smallest absolute Gasteiger partial charge is 0.328 e. The highest BCUT2D eigenvalue weighted by Gasteiger charge is 2.23. The maximum Gasteiger partial charge on any atom is 0.328 e. The van der Waals surface area contributed by atoms with Crippen LogP contribution in [0.5, 0.6) is 0 Å². The Morgan fingerprint density at radius 2 is 1.90 bits per heavy atom. The number of carbonyl (C=O) groups excluding carboxylic acids is 2. The first-order chi connectivity index (χ1) is 9.10. The highest BCUT2D eigenvalue weighted by molar-refractivity contribution is 9.10. The number of hydrogen-bond donors (Lipinski definition) is 1. The lowest BCUT2D eigenvalue weighted by Crippen LogP contribution is -2.42. The van der Waals surface area contributed by atoms with Gasteiger partial charge in [0.2, 0.25) is 0 Å². The van der Waals surface area contributed by atoms with Gasteiger partial charge in [-0.2, -0.15) is 0 Å². The number of aryl methyl sites for hydroxylation is 1. The quantitative estimate of drug-likeness (QED) is 0.858. The Labute approximate surface area is 128 Å². The summed E-state index contributed by atoms with van der Waals surface area (Å²) in [5.41, 5.74) is 0.906. The molecule has 5 heteroatoms. The van der Waals surface area contributed by atoms with Crippen molar-refractivity contribution in [3.05, 3.63) is 33.8 Å². The number of nitrogens with one attached hydrogen (secondary N) is 1. The van der Waals surface area contributed by atoms with E-state index in [1.165, 1.54) is 0 Å². The first-order valence-electron chi connectivity index (χ1n) is 6.40. The van der Waals surface area contributed by atoms with Gasteiger partial charge in [-0.1, -0.05) is 11.6 Å². The fourth-order valence-electron chi connectivity index (χ4n) is 1.54. The minimum absolute atomic E-state index is 0.307. The number of amides is 1. The van der Waals surface area contributed by atoms with Crippen molar-refractivity contribution in [3.8, 4) is 0 Å². The molecule has 0 saturated heterocycles. The van der Waals surface area contributed by atoms with Crippen molar-refractivity contribution in [1.29, 1.82) is 0 Å². The van der Waals surface area contributed by atoms with Gasteiger partial charge in [0.1, 0.15) is 11.6 Å². The molecule has 1 atom stereocenters. The van der Waals surface area contributed by atoms with E-state index in [0.717, 1.165) is 5.56 Å². The maximum absolute atomic E-state index is 12.1. The monoisotopic (exact) mass is 341 g/mol. The second-order valence-electron chi connectivity index (χ2n) is 5.71. The molecule has 0 aromatic heterocycles. The molecule has 0 aliphatic carbocycles. The van der Waals surface area contributed by atoms with E-state index in [4.69, 9.17) is 4.74 Å². The molecular formula is C15H20BrNO3. The first kappa shape index (κ1) is 16.7. The minimum Gasteiger partial charge on any atom is -0.458 e. The van der Waals surface area contributed by atoms with Crippen LogP contribution in [0.4, 0.5) is 0 Å². The lowest BCUT2D eigenvalue weighted by atomic mass is 10.1. The molecule has 0 fully saturated rings. The van der Waals surface area contributed by atoms with Crippen LogP contribution >= 0.6 is 15.9 Å². The largest absolute Gasteiger partial charge is 0.458 e. The Morgan fingerprint density at radius 3 is 2.45 bits per heavy atom. The molecule has 0 aliphatic rings. The zero-order valence-electron chi connectivity index (χ0n) is 12.4. The van der Waals surface area contributed by atoms with Gasteiger partial charge in [0.25, 0.3) is 5.91 Å². The first-order valence-corrected chi connectivity index (χ1v) is 7.19. The van der Waals surface area contributed by atoms with Gasteiger partial charge in [0.15, 0.2) is 0 Å². The van der Waals surface area contributed by atoms with Crippen LogP contribution < -0.4 is 5.32 Å². The van der Waals surface area contributed by atoms with Gasteiger partial charge >= 0.3 is 5.97 Å². The van der Waals surface area contributed by atoms with E-state index in [2.05, 4.69) is 21.2 Å². The van der Waals surface area contributed by atoms with E-state index in [-0.39, 0.29) is 5.91 Å². The maximum atomic E-state index is 12.1. The predicted octanol–water partition coefficient (Wildman–Crippen LogP) is 3.22. The Bertz CT molecular complexity index is 520. The summed E-state index contributed by atoms with van der Waals surface area (Å²) in [6.45, 7) is 8.87. The summed E-state index contributed by atoms with van der Waals surface area (Å²) in [6, 6.07) is 4.77. The number of hydrogen-bond acceptors (Lipinski definition) is 3. The van der Waals surface area contributed by atoms with Crippen LogP contribution in [0.25, 0.3) is 0 Å². The molecule has 1 amide bonds. The van der Waals surface area contributed by atoms with Gasteiger partial charge < -0.3 is 10.1 Å². The molecule has 1 aromatic carbocycles. The fourth-order valence-corrected chi connectivity index (χ4v) is 1.96. The van der Waals surface area contributed by atoms with E-state index in [1.54, 1.807) is 33.8 Å². The van der Waals surface area contributed by atoms with Crippen molar-refractivity contribution in [2.45, 2.75) is 46.3 Å². The molecular weight excluding hydrogens is 322 g/mol. The van der Waals surface area contributed by atoms with E-state index in [9.17, 15) is 9.59 Å². The Balaban J connectivity index is 2.75. The number of carbonyl (C=O) groups is 2. The highest BCUT2D eigenvalue weighted by Crippen LogP contribution is 2.18. The fraction of sp³-hybridized carbons (Fsp3) is 0.467. The molecule has 1 aromatic rings. The average molecular weight is 342 g/mol. The van der Waals surface area contributed by atoms with Crippen LogP contribution in [0.15, 0.2) is 22.7 Å². The SMILES string of the molecule is Cc1ccc(Br)c(C(=O)N[C@@H](C)C(=O)OC(C)(C)C)c1. The zero-order valence-corrected chi connectivity index (χ0v) is 14.0. The van der Waals surface area contributed by atoms with E-state index in [0.29, 0.717) is 10.0 Å². The molecule has 1 rings (SSSR count). The van der Waals surface area contributed by atoms with Crippen LogP contribution in [-0.2, 0) is 9.53 Å². The Morgan fingerprint density at radius 1 is 1.30 bits per heavy atom. The van der Waals surface area contributed by atoms with Crippen molar-refractivity contribution in [2.75, 3.05) is 0 Å². The van der Waals surface area contributed by atoms with Crippen molar-refractivity contribution in [2.24, 2.45) is 0 Å². The summed E-state index contributed by atoms with van der Waals surface area (Å²) >= 11 is 3.33. The molecule has 0 spiro atoms. The number of ether oxygens (including phenoxy) is 1. The molecule has 1 N–H and O–H groups in total. The molecule has 4 nitrogen and oxygen atoms in total. The van der Waals surface area contributed by atoms with Gasteiger partial charge in [-0.15, -0.1) is 0 Å². The van der Waals surface area contributed by atoms with E-state index < -0.39 is 17.6 Å². The summed E-state index contributed by atoms with van der Waals surface area (Å²) in [5.74, 6) is -0.756. The Kier molecular flexibility index (Phi) is 5.34. The third kappa shape index (κ3) is 4.96. The van der Waals surface area contributed by atoms with Crippen molar-refractivity contribution < 1.29 is 14.3 Å². The minimum atomic E-state index is -0.700. The second kappa shape index (κ2) is 6.39. The standard InChI is InChI=1S/C15H20BrNO3/c1-9-6-7-12(16)11(8-9)13(18)17-10(2)14(19)20-15(3,4)5/h6-8,10H,1-5H3,(H,17,18)/t10-/m0/s1. The number of rotatable bonds is 3. The zero-order chi connectivity index (χ0) is 15.5. The summed E-state index contributed by atoms with van der Waals surface area (Å²) < 4.78 is 5.92. The summed E-state index contributed by atoms with van der Waals surface area (Å²) in [7, 11) is 0. The van der Waals surface area contributed by atoms with E-state index >= 15 is 0 Å². The van der Waals surface area contributed by atoms with Crippen molar-refractivity contribution >= 4 is 27.8 Å². The molecule has 0 unspecified atom stereocenters. The van der Waals surface area contributed by atoms with Crippen molar-refractivity contribution in [3.63, 3.8) is 0 Å². The van der Waals surface area contributed by atoms with Gasteiger partial charge in [-0.3, -0.25) is 4.79 Å². The van der Waals surface area contributed by atoms with Gasteiger partial charge in [0.05, 0.1) is 5.56 Å². The van der Waals surface area contributed by atoms with Crippen LogP contribution in [0.2, 0.25) is 0 Å². The number of esters is 1. The third-order valence-electron chi connectivity index (χ3n) is 2.47. The lowest BCUT2D eigenvalue weighted by Gasteiger charge is -2.22. The van der Waals surface area contributed by atoms with Crippen molar-refractivity contribution in [1.82, 2.24) is 5.32 Å². The molecule has 0 bridgehead atoms. The second-order valence-corrected chi connectivity index (χ2v) is 6.57. The highest BCUT2D eigenvalue weighted by atomic mass is 79.9. The van der Waals surface area contributed by atoms with Crippen LogP contribution in [0.1, 0.15) is 43.6 Å². The predicted molar refractivity (Wildman–Crippen MR) is 81.7 cm³/mol. The van der Waals surface area contributed by atoms with Crippen LogP contribution in [0.3, 0.4) is 0 Å². The molecule has 20 heavy (non-hydrogen) atoms. The summed E-state index contributed by atoms with van der Waals surface area (Å²) in [5, 5.41) is 2.64. The lowest BCUT2D eigenvalue weighted by molar-refractivity contribution is -0.156. The Hall–Kier alpha value is -1.36. The molecule has 0 aliphatic heterocycles. The summed E-state index contributed by atoms with van der Waals surface area (Å²) in [6.07, 6.45) is 0. The van der Waals surface area contributed by atoms with Gasteiger partial charge in [0, 0.05) is 4.47 Å². The van der Waals surface area contributed by atoms with Crippen LogP contribution in [-0.4, -0.2) is 23.5 Å². The van der Waals surface area contributed by atoms with Gasteiger partial charge in [-0.05, 0) is 62.7 Å². The normalized spacial score (nSPS) is 12.7. The average Bonchev–Trinajstić information content (AvgIpc) is 2.29. The molecule has 0 radical (unpaired) electrons. The van der Waals surface area contributed by atoms with Crippen LogP contribution in [0, 0.1) is 6.92 Å². The third-order valence-corrected chi connectivity index (χ3v) is 3.17. The van der Waals surface area contributed by atoms with E-state index in [1.807, 2.05) is 19.1 Å². The molecule has 110 valence electrons. The topological polar surface area (TPSA) is 55.4 Å². The summed E-state index contributed by atoms with van der Waals surface area (Å²) in [4.78, 5) is 24.0. The van der Waals surface area contributed by atoms with Gasteiger partial charge in [-0.25, -0.2) is 4.79 Å². The number of benzene rings is 1. The number of halogens is 1. The molecule has 0 heterocycles. The molecule has 0 saturated carbocycles.